The van der Waals surface area contributed by atoms with Crippen LogP contribution in [0.15, 0.2) is 48.5 Å². The number of aromatic hydroxyl groups is 1. The third-order valence-electron chi connectivity index (χ3n) is 3.16. The van der Waals surface area contributed by atoms with Gasteiger partial charge in [-0.15, -0.1) is 0 Å². The molecule has 19 heavy (non-hydrogen) atoms. The van der Waals surface area contributed by atoms with Crippen LogP contribution < -0.4 is 4.74 Å². The van der Waals surface area contributed by atoms with Crippen molar-refractivity contribution < 1.29 is 14.6 Å². The van der Waals surface area contributed by atoms with Crippen LogP contribution in [0.5, 0.6) is 17.2 Å². The van der Waals surface area contributed by atoms with Crippen molar-refractivity contribution in [3.05, 3.63) is 54.1 Å². The van der Waals surface area contributed by atoms with Gasteiger partial charge in [-0.05, 0) is 43.2 Å². The molecule has 0 aliphatic heterocycles. The fraction of sp³-hybridized carbons (Fsp3) is 0.188. The van der Waals surface area contributed by atoms with Crippen molar-refractivity contribution in [1.82, 2.24) is 0 Å². The summed E-state index contributed by atoms with van der Waals surface area (Å²) in [5, 5.41) is 9.77. The lowest BCUT2D eigenvalue weighted by atomic mass is 10.1. The summed E-state index contributed by atoms with van der Waals surface area (Å²) in [6.07, 6.45) is 1.84. The molecular weight excluding hydrogens is 240 g/mol. The molecule has 1 N–H and O–H groups in total. The van der Waals surface area contributed by atoms with Crippen molar-refractivity contribution in [3.8, 4) is 17.2 Å². The number of Topliss-reactive ketones (excluding diaryl/α,β-unsaturated/α-hetero) is 1. The fourth-order valence-electron chi connectivity index (χ4n) is 1.97. The van der Waals surface area contributed by atoms with Crippen LogP contribution >= 0.6 is 0 Å². The van der Waals surface area contributed by atoms with Gasteiger partial charge in [-0.25, -0.2) is 0 Å². The summed E-state index contributed by atoms with van der Waals surface area (Å²) in [5.41, 5.74) is 0.357. The molecule has 3 nitrogen and oxygen atoms in total. The minimum Gasteiger partial charge on any atom is -0.507 e. The van der Waals surface area contributed by atoms with Gasteiger partial charge in [0, 0.05) is 5.92 Å². The topological polar surface area (TPSA) is 46.5 Å². The first kappa shape index (κ1) is 11.8. The Labute approximate surface area is 111 Å². The minimum atomic E-state index is 0.0102. The third-order valence-corrected chi connectivity index (χ3v) is 3.16. The van der Waals surface area contributed by atoms with Gasteiger partial charge in [-0.2, -0.15) is 0 Å². The average molecular weight is 254 g/mol. The van der Waals surface area contributed by atoms with E-state index >= 15 is 0 Å². The van der Waals surface area contributed by atoms with Crippen molar-refractivity contribution >= 4 is 5.78 Å². The van der Waals surface area contributed by atoms with Crippen LogP contribution in [0.2, 0.25) is 0 Å². The molecule has 3 heteroatoms. The van der Waals surface area contributed by atoms with Gasteiger partial charge in [0.1, 0.15) is 17.2 Å². The van der Waals surface area contributed by atoms with Crippen molar-refractivity contribution in [3.63, 3.8) is 0 Å². The number of phenolic OH excluding ortho intramolecular Hbond substituents is 1. The number of benzene rings is 2. The Kier molecular flexibility index (Phi) is 2.95. The van der Waals surface area contributed by atoms with E-state index in [2.05, 4.69) is 0 Å². The minimum absolute atomic E-state index is 0.0102. The first-order valence-corrected chi connectivity index (χ1v) is 6.34. The van der Waals surface area contributed by atoms with E-state index < -0.39 is 0 Å². The lowest BCUT2D eigenvalue weighted by molar-refractivity contribution is 0.0964. The number of hydrogen-bond acceptors (Lipinski definition) is 3. The van der Waals surface area contributed by atoms with E-state index in [-0.39, 0.29) is 17.5 Å². The Morgan fingerprint density at radius 1 is 1.05 bits per heavy atom. The molecule has 0 heterocycles. The van der Waals surface area contributed by atoms with E-state index in [1.165, 1.54) is 6.07 Å². The second-order valence-electron chi connectivity index (χ2n) is 4.73. The lowest BCUT2D eigenvalue weighted by Gasteiger charge is -2.08. The predicted molar refractivity (Wildman–Crippen MR) is 71.7 cm³/mol. The molecule has 1 fully saturated rings. The highest BCUT2D eigenvalue weighted by Crippen LogP contribution is 2.36. The molecule has 3 rings (SSSR count). The van der Waals surface area contributed by atoms with E-state index in [1.54, 1.807) is 12.1 Å². The first-order chi connectivity index (χ1) is 9.24. The molecule has 0 bridgehead atoms. The number of hydrogen-bond donors (Lipinski definition) is 1. The monoisotopic (exact) mass is 254 g/mol. The van der Waals surface area contributed by atoms with Gasteiger partial charge in [0.05, 0.1) is 5.56 Å². The largest absolute Gasteiger partial charge is 0.507 e. The van der Waals surface area contributed by atoms with Crippen molar-refractivity contribution in [2.45, 2.75) is 12.8 Å². The Bertz CT molecular complexity index is 601. The molecule has 0 unspecified atom stereocenters. The van der Waals surface area contributed by atoms with Crippen molar-refractivity contribution in [2.24, 2.45) is 5.92 Å². The van der Waals surface area contributed by atoms with Crippen LogP contribution in [0, 0.1) is 5.92 Å². The molecule has 1 aliphatic rings. The summed E-state index contributed by atoms with van der Waals surface area (Å²) in [5.74, 6) is 1.39. The number of ketones is 1. The van der Waals surface area contributed by atoms with Gasteiger partial charge in [0.2, 0.25) is 0 Å². The summed E-state index contributed by atoms with van der Waals surface area (Å²) in [4.78, 5) is 12.0. The van der Waals surface area contributed by atoms with Gasteiger partial charge in [0.15, 0.2) is 5.78 Å². The van der Waals surface area contributed by atoms with E-state index in [0.29, 0.717) is 17.1 Å². The van der Waals surface area contributed by atoms with Gasteiger partial charge < -0.3 is 9.84 Å². The Hall–Kier alpha value is -2.29. The predicted octanol–water partition coefficient (Wildman–Crippen LogP) is 3.78. The van der Waals surface area contributed by atoms with Crippen LogP contribution in [-0.4, -0.2) is 10.9 Å². The molecule has 1 saturated carbocycles. The number of rotatable bonds is 4. The maximum Gasteiger partial charge on any atom is 0.169 e. The summed E-state index contributed by atoms with van der Waals surface area (Å²) in [6.45, 7) is 0. The summed E-state index contributed by atoms with van der Waals surface area (Å²) >= 11 is 0. The Morgan fingerprint density at radius 3 is 2.47 bits per heavy atom. The van der Waals surface area contributed by atoms with E-state index in [0.717, 1.165) is 12.8 Å². The molecule has 0 spiro atoms. The van der Waals surface area contributed by atoms with Crippen LogP contribution in [0.1, 0.15) is 23.2 Å². The average Bonchev–Trinajstić information content (AvgIpc) is 3.26. The zero-order chi connectivity index (χ0) is 13.2. The zero-order valence-corrected chi connectivity index (χ0v) is 10.4. The van der Waals surface area contributed by atoms with E-state index in [9.17, 15) is 9.90 Å². The maximum atomic E-state index is 12.0. The van der Waals surface area contributed by atoms with Crippen LogP contribution in [0.3, 0.4) is 0 Å². The molecule has 0 aromatic heterocycles. The molecule has 0 amide bonds. The molecule has 0 radical (unpaired) electrons. The zero-order valence-electron chi connectivity index (χ0n) is 10.4. The number of carbonyl (C=O) groups is 1. The SMILES string of the molecule is O=C(c1cc(Oc2ccccc2)ccc1O)C1CC1. The van der Waals surface area contributed by atoms with Crippen LogP contribution in [-0.2, 0) is 0 Å². The number of carbonyl (C=O) groups excluding carboxylic acids is 1. The van der Waals surface area contributed by atoms with E-state index in [4.69, 9.17) is 4.74 Å². The number of ether oxygens (including phenoxy) is 1. The standard InChI is InChI=1S/C16H14O3/c17-15-9-8-13(19-12-4-2-1-3-5-12)10-14(15)16(18)11-6-7-11/h1-5,8-11,17H,6-7H2. The smallest absolute Gasteiger partial charge is 0.169 e. The molecule has 0 atom stereocenters. The highest BCUT2D eigenvalue weighted by Gasteiger charge is 2.32. The normalized spacial score (nSPS) is 14.1. The third kappa shape index (κ3) is 2.60. The van der Waals surface area contributed by atoms with E-state index in [1.807, 2.05) is 30.3 Å². The Morgan fingerprint density at radius 2 is 1.79 bits per heavy atom. The van der Waals surface area contributed by atoms with Gasteiger partial charge >= 0.3 is 0 Å². The second-order valence-corrected chi connectivity index (χ2v) is 4.73. The lowest BCUT2D eigenvalue weighted by Crippen LogP contribution is -2.01. The molecule has 0 saturated heterocycles. The van der Waals surface area contributed by atoms with Crippen LogP contribution in [0.4, 0.5) is 0 Å². The van der Waals surface area contributed by atoms with Crippen molar-refractivity contribution in [1.29, 1.82) is 0 Å². The molecular formula is C16H14O3. The van der Waals surface area contributed by atoms with Gasteiger partial charge in [0.25, 0.3) is 0 Å². The number of phenols is 1. The molecule has 2 aromatic carbocycles. The Balaban J connectivity index is 1.86. The molecule has 96 valence electrons. The van der Waals surface area contributed by atoms with Crippen molar-refractivity contribution in [2.75, 3.05) is 0 Å². The van der Waals surface area contributed by atoms with Crippen LogP contribution in [0.25, 0.3) is 0 Å². The summed E-state index contributed by atoms with van der Waals surface area (Å²) in [7, 11) is 0. The fourth-order valence-corrected chi connectivity index (χ4v) is 1.97. The van der Waals surface area contributed by atoms with Gasteiger partial charge in [-0.1, -0.05) is 18.2 Å². The maximum absolute atomic E-state index is 12.0. The molecule has 2 aromatic rings. The summed E-state index contributed by atoms with van der Waals surface area (Å²) < 4.78 is 5.66. The number of para-hydroxylation sites is 1. The highest BCUT2D eigenvalue weighted by molar-refractivity contribution is 6.01. The second kappa shape index (κ2) is 4.76. The highest BCUT2D eigenvalue weighted by atomic mass is 16.5. The first-order valence-electron chi connectivity index (χ1n) is 6.34. The van der Waals surface area contributed by atoms with Gasteiger partial charge in [-0.3, -0.25) is 4.79 Å². The quantitative estimate of drug-likeness (QED) is 0.844. The molecule has 1 aliphatic carbocycles. The summed E-state index contributed by atoms with van der Waals surface area (Å²) in [6, 6.07) is 14.1.